The van der Waals surface area contributed by atoms with E-state index in [1.54, 1.807) is 0 Å². The quantitative estimate of drug-likeness (QED) is 0.0172. The highest BCUT2D eigenvalue weighted by atomic mass is 16.7. The van der Waals surface area contributed by atoms with E-state index in [-0.39, 0.29) is 25.6 Å². The summed E-state index contributed by atoms with van der Waals surface area (Å²) in [6, 6.07) is 0. The number of esters is 1. The van der Waals surface area contributed by atoms with Crippen molar-refractivity contribution in [1.82, 2.24) is 0 Å². The van der Waals surface area contributed by atoms with Crippen molar-refractivity contribution in [3.05, 3.63) is 48.6 Å². The molecule has 0 aromatic rings. The maximum Gasteiger partial charge on any atom is 0.306 e. The molecule has 0 aromatic carbocycles. The van der Waals surface area contributed by atoms with Crippen LogP contribution in [0.15, 0.2) is 48.6 Å². The lowest BCUT2D eigenvalue weighted by Gasteiger charge is -2.42. The van der Waals surface area contributed by atoms with E-state index >= 15 is 0 Å². The number of carbonyl (C=O) groups excluding carboxylic acids is 1. The first-order valence-corrected chi connectivity index (χ1v) is 30.7. The van der Waals surface area contributed by atoms with Gasteiger partial charge in [-0.15, -0.1) is 0 Å². The average molecular weight is 1080 g/mol. The lowest BCUT2D eigenvalue weighted by molar-refractivity contribution is -0.332. The van der Waals surface area contributed by atoms with Crippen LogP contribution in [0, 0.1) is 0 Å². The number of carbonyl (C=O) groups is 1. The number of ether oxygens (including phenoxy) is 6. The Bertz CT molecular complexity index is 1440. The van der Waals surface area contributed by atoms with Gasteiger partial charge in [0, 0.05) is 13.0 Å². The van der Waals surface area contributed by atoms with Crippen molar-refractivity contribution in [3.8, 4) is 0 Å². The highest BCUT2D eigenvalue weighted by molar-refractivity contribution is 5.69. The topological polar surface area (TPSA) is 214 Å². The zero-order chi connectivity index (χ0) is 55.1. The predicted octanol–water partition coefficient (Wildman–Crippen LogP) is 11.5. The number of allylic oxidation sites excluding steroid dienone is 8. The van der Waals surface area contributed by atoms with Crippen molar-refractivity contribution in [2.45, 2.75) is 306 Å². The van der Waals surface area contributed by atoms with Crippen molar-refractivity contribution in [2.24, 2.45) is 0 Å². The summed E-state index contributed by atoms with van der Waals surface area (Å²) in [7, 11) is 0. The Morgan fingerprint density at radius 1 is 0.447 bits per heavy atom. The van der Waals surface area contributed by atoms with E-state index in [1.165, 1.54) is 141 Å². The standard InChI is InChI=1S/C62H112O14/c1-3-5-7-9-11-13-15-17-19-21-23-24-25-26-27-29-31-33-35-37-39-41-43-45-54(64)74-51(48-71-46-44-42-40-38-36-34-32-30-28-22-20-18-16-14-12-10-8-6-4-2)49-72-61-60(70)58(68)56(66)53(76-61)50-73-62-59(69)57(67)55(65)52(47-63)75-62/h5,7,11,13,17,19,23-24,51-53,55-63,65-70H,3-4,6,8-10,12,14-16,18,20-22,25-50H2,1-2H3/b7-5-,13-11-,19-17-,24-23-. The van der Waals surface area contributed by atoms with Crippen LogP contribution in [0.25, 0.3) is 0 Å². The Morgan fingerprint density at radius 3 is 1.34 bits per heavy atom. The van der Waals surface area contributed by atoms with Gasteiger partial charge >= 0.3 is 5.97 Å². The van der Waals surface area contributed by atoms with Crippen molar-refractivity contribution < 1.29 is 69.0 Å². The Kier molecular flexibility index (Phi) is 45.0. The van der Waals surface area contributed by atoms with Gasteiger partial charge < -0.3 is 64.2 Å². The maximum atomic E-state index is 13.1. The first-order chi connectivity index (χ1) is 37.1. The zero-order valence-electron chi connectivity index (χ0n) is 47.7. The molecule has 2 aliphatic rings. The summed E-state index contributed by atoms with van der Waals surface area (Å²) >= 11 is 0. The third-order valence-corrected chi connectivity index (χ3v) is 14.6. The molecule has 444 valence electrons. The van der Waals surface area contributed by atoms with Gasteiger partial charge in [0.1, 0.15) is 54.9 Å². The molecule has 0 amide bonds. The summed E-state index contributed by atoms with van der Waals surface area (Å²) in [6.45, 7) is 3.62. The molecule has 11 atom stereocenters. The van der Waals surface area contributed by atoms with Gasteiger partial charge in [0.2, 0.25) is 0 Å². The Balaban J connectivity index is 1.69. The van der Waals surface area contributed by atoms with Gasteiger partial charge in [0.15, 0.2) is 12.6 Å². The summed E-state index contributed by atoms with van der Waals surface area (Å²) in [6.07, 6.45) is 43.1. The second-order valence-corrected chi connectivity index (χ2v) is 21.5. The Hall–Kier alpha value is -2.05. The normalized spacial score (nSPS) is 24.8. The van der Waals surface area contributed by atoms with E-state index in [1.807, 2.05) is 0 Å². The summed E-state index contributed by atoms with van der Waals surface area (Å²) in [5.74, 6) is -0.377. The minimum absolute atomic E-state index is 0.0624. The zero-order valence-corrected chi connectivity index (χ0v) is 47.7. The Morgan fingerprint density at radius 2 is 0.855 bits per heavy atom. The van der Waals surface area contributed by atoms with Crippen LogP contribution in [0.3, 0.4) is 0 Å². The van der Waals surface area contributed by atoms with Crippen LogP contribution < -0.4 is 0 Å². The first-order valence-electron chi connectivity index (χ1n) is 30.7. The molecule has 2 fully saturated rings. The third-order valence-electron chi connectivity index (χ3n) is 14.6. The van der Waals surface area contributed by atoms with Gasteiger partial charge in [-0.2, -0.15) is 0 Å². The second-order valence-electron chi connectivity index (χ2n) is 21.5. The Labute approximate surface area is 461 Å². The number of aliphatic hydroxyl groups is 7. The highest BCUT2D eigenvalue weighted by Crippen LogP contribution is 2.27. The molecule has 11 unspecified atom stereocenters. The summed E-state index contributed by atoms with van der Waals surface area (Å²) in [4.78, 5) is 13.1. The average Bonchev–Trinajstić information content (AvgIpc) is 3.42. The van der Waals surface area contributed by atoms with Gasteiger partial charge in [0.05, 0.1) is 26.4 Å². The molecule has 2 heterocycles. The second kappa shape index (κ2) is 48.8. The molecule has 2 aliphatic heterocycles. The molecule has 0 bridgehead atoms. The van der Waals surface area contributed by atoms with Gasteiger partial charge in [-0.05, 0) is 51.4 Å². The molecule has 0 spiro atoms. The van der Waals surface area contributed by atoms with Crippen molar-refractivity contribution >= 4 is 5.97 Å². The molecule has 0 aromatic heterocycles. The van der Waals surface area contributed by atoms with Crippen molar-refractivity contribution in [2.75, 3.05) is 33.0 Å². The van der Waals surface area contributed by atoms with Gasteiger partial charge in [-0.3, -0.25) is 4.79 Å². The van der Waals surface area contributed by atoms with E-state index in [2.05, 4.69) is 62.5 Å². The van der Waals surface area contributed by atoms with E-state index < -0.39 is 80.7 Å². The fourth-order valence-electron chi connectivity index (χ4n) is 9.69. The molecule has 2 saturated heterocycles. The number of hydrogen-bond acceptors (Lipinski definition) is 14. The SMILES string of the molecule is CC/C=C\C/C=C\C/C=C\C/C=C\CCCCCCCCCCCCC(=O)OC(COCCCCCCCCCCCCCCCCCCCCC)COC1OC(COC2OC(CO)C(O)C(O)C2O)C(O)C(O)C1O. The van der Waals surface area contributed by atoms with Gasteiger partial charge in [-0.1, -0.05) is 229 Å². The van der Waals surface area contributed by atoms with E-state index in [4.69, 9.17) is 28.4 Å². The number of unbranched alkanes of at least 4 members (excludes halogenated alkanes) is 28. The van der Waals surface area contributed by atoms with Crippen molar-refractivity contribution in [3.63, 3.8) is 0 Å². The fourth-order valence-corrected chi connectivity index (χ4v) is 9.69. The largest absolute Gasteiger partial charge is 0.457 e. The molecule has 7 N–H and O–H groups in total. The number of aliphatic hydroxyl groups excluding tert-OH is 7. The number of hydrogen-bond donors (Lipinski definition) is 7. The molecular formula is C62H112O14. The first kappa shape index (κ1) is 70.1. The van der Waals surface area contributed by atoms with Crippen LogP contribution in [-0.2, 0) is 33.2 Å². The fraction of sp³-hybridized carbons (Fsp3) is 0.855. The predicted molar refractivity (Wildman–Crippen MR) is 303 cm³/mol. The van der Waals surface area contributed by atoms with E-state index in [9.17, 15) is 40.5 Å². The molecular weight excluding hydrogens is 969 g/mol. The third kappa shape index (κ3) is 34.8. The van der Waals surface area contributed by atoms with Crippen LogP contribution in [0.4, 0.5) is 0 Å². The number of rotatable bonds is 50. The lowest BCUT2D eigenvalue weighted by atomic mass is 9.98. The molecule has 0 radical (unpaired) electrons. The molecule has 0 saturated carbocycles. The van der Waals surface area contributed by atoms with Crippen LogP contribution in [-0.4, -0.2) is 142 Å². The molecule has 2 rings (SSSR count). The van der Waals surface area contributed by atoms with E-state index in [0.717, 1.165) is 70.6 Å². The van der Waals surface area contributed by atoms with Crippen LogP contribution >= 0.6 is 0 Å². The van der Waals surface area contributed by atoms with Crippen LogP contribution in [0.2, 0.25) is 0 Å². The monoisotopic (exact) mass is 1080 g/mol. The van der Waals surface area contributed by atoms with Crippen LogP contribution in [0.1, 0.15) is 239 Å². The summed E-state index contributed by atoms with van der Waals surface area (Å²) in [5.41, 5.74) is 0. The van der Waals surface area contributed by atoms with Gasteiger partial charge in [0.25, 0.3) is 0 Å². The summed E-state index contributed by atoms with van der Waals surface area (Å²) < 4.78 is 34.5. The van der Waals surface area contributed by atoms with Gasteiger partial charge in [-0.25, -0.2) is 0 Å². The summed E-state index contributed by atoms with van der Waals surface area (Å²) in [5, 5.41) is 72.4. The molecule has 76 heavy (non-hydrogen) atoms. The minimum atomic E-state index is -1.71. The molecule has 14 heteroatoms. The lowest BCUT2D eigenvalue weighted by Crippen LogP contribution is -2.61. The molecule has 14 nitrogen and oxygen atoms in total. The molecule has 0 aliphatic carbocycles. The van der Waals surface area contributed by atoms with Crippen molar-refractivity contribution in [1.29, 1.82) is 0 Å². The van der Waals surface area contributed by atoms with Crippen LogP contribution in [0.5, 0.6) is 0 Å². The smallest absolute Gasteiger partial charge is 0.306 e. The van der Waals surface area contributed by atoms with E-state index in [0.29, 0.717) is 13.0 Å². The highest BCUT2D eigenvalue weighted by Gasteiger charge is 2.47. The maximum absolute atomic E-state index is 13.1. The minimum Gasteiger partial charge on any atom is -0.457 e.